The third-order valence-electron chi connectivity index (χ3n) is 3.66. The van der Waals surface area contributed by atoms with Crippen LogP contribution in [-0.4, -0.2) is 56.8 Å². The number of hydrogen-bond donors (Lipinski definition) is 1. The van der Waals surface area contributed by atoms with Gasteiger partial charge in [0.05, 0.1) is 4.90 Å². The number of carbonyl (C=O) groups is 1. The fourth-order valence-electron chi connectivity index (χ4n) is 2.40. The number of alkyl halides is 1. The van der Waals surface area contributed by atoms with Crippen LogP contribution in [0, 0.1) is 5.92 Å². The van der Waals surface area contributed by atoms with E-state index < -0.39 is 33.2 Å². The maximum atomic E-state index is 14.3. The molecule has 1 aromatic carbocycles. The molecule has 1 heterocycles. The second-order valence-corrected chi connectivity index (χ2v) is 7.04. The summed E-state index contributed by atoms with van der Waals surface area (Å²) in [5.41, 5.74) is -2.43. The van der Waals surface area contributed by atoms with Gasteiger partial charge in [-0.15, -0.1) is 0 Å². The van der Waals surface area contributed by atoms with Crippen molar-refractivity contribution < 1.29 is 22.7 Å². The number of aliphatic hydroxyl groups excluding tert-OH is 1. The van der Waals surface area contributed by atoms with Crippen molar-refractivity contribution in [1.82, 2.24) is 4.90 Å². The SMILES string of the molecule is [B]C(=O)N1CC[C@H](C(O)C(F)S(=O)(=O)c2ccccc2)C1. The van der Waals surface area contributed by atoms with Crippen LogP contribution in [-0.2, 0) is 9.84 Å². The maximum Gasteiger partial charge on any atom is 0.231 e. The molecule has 2 unspecified atom stereocenters. The van der Waals surface area contributed by atoms with Crippen LogP contribution in [0.25, 0.3) is 0 Å². The smallest absolute Gasteiger partial charge is 0.231 e. The van der Waals surface area contributed by atoms with Crippen molar-refractivity contribution in [2.45, 2.75) is 22.9 Å². The molecule has 0 aliphatic carbocycles. The minimum absolute atomic E-state index is 0.0568. The average Bonchev–Trinajstić information content (AvgIpc) is 2.96. The van der Waals surface area contributed by atoms with Gasteiger partial charge in [0.1, 0.15) is 6.10 Å². The lowest BCUT2D eigenvalue weighted by Crippen LogP contribution is -2.38. The first-order valence-electron chi connectivity index (χ1n) is 6.49. The molecule has 2 radical (unpaired) electrons. The molecule has 21 heavy (non-hydrogen) atoms. The molecular formula is C13H15BFNO4S. The van der Waals surface area contributed by atoms with Crippen LogP contribution < -0.4 is 0 Å². The van der Waals surface area contributed by atoms with Gasteiger partial charge in [-0.05, 0) is 18.6 Å². The third kappa shape index (κ3) is 3.27. The Hall–Kier alpha value is -1.41. The van der Waals surface area contributed by atoms with Crippen LogP contribution in [0.1, 0.15) is 6.42 Å². The van der Waals surface area contributed by atoms with Crippen LogP contribution in [0.5, 0.6) is 0 Å². The highest BCUT2D eigenvalue weighted by Crippen LogP contribution is 2.28. The molecule has 0 bridgehead atoms. The molecule has 1 fully saturated rings. The van der Waals surface area contributed by atoms with Gasteiger partial charge in [-0.3, -0.25) is 4.79 Å². The van der Waals surface area contributed by atoms with Gasteiger partial charge in [-0.2, -0.15) is 0 Å². The van der Waals surface area contributed by atoms with Crippen molar-refractivity contribution in [3.8, 4) is 0 Å². The first-order chi connectivity index (χ1) is 9.84. The Bertz CT molecular complexity index is 610. The van der Waals surface area contributed by atoms with Gasteiger partial charge in [0.2, 0.25) is 23.2 Å². The Morgan fingerprint density at radius 2 is 2.00 bits per heavy atom. The molecule has 112 valence electrons. The van der Waals surface area contributed by atoms with Gasteiger partial charge >= 0.3 is 0 Å². The van der Waals surface area contributed by atoms with E-state index in [2.05, 4.69) is 0 Å². The second kappa shape index (κ2) is 6.15. The minimum Gasteiger partial charge on any atom is -0.389 e. The van der Waals surface area contributed by atoms with E-state index in [0.29, 0.717) is 6.42 Å². The predicted octanol–water partition coefficient (Wildman–Crippen LogP) is 0.727. The number of amides is 1. The summed E-state index contributed by atoms with van der Waals surface area (Å²) in [6, 6.07) is 7.13. The Kier molecular flexibility index (Phi) is 4.68. The second-order valence-electron chi connectivity index (χ2n) is 5.03. The van der Waals surface area contributed by atoms with Gasteiger partial charge in [0, 0.05) is 19.0 Å². The fraction of sp³-hybridized carbons (Fsp3) is 0.462. The Morgan fingerprint density at radius 3 is 2.52 bits per heavy atom. The first kappa shape index (κ1) is 16.0. The van der Waals surface area contributed by atoms with Crippen LogP contribution in [0.15, 0.2) is 35.2 Å². The average molecular weight is 311 g/mol. The fourth-order valence-corrected chi connectivity index (χ4v) is 3.79. The van der Waals surface area contributed by atoms with E-state index in [1.807, 2.05) is 0 Å². The predicted molar refractivity (Wildman–Crippen MR) is 75.4 cm³/mol. The zero-order valence-corrected chi connectivity index (χ0v) is 12.0. The maximum absolute atomic E-state index is 14.3. The summed E-state index contributed by atoms with van der Waals surface area (Å²) in [6.07, 6.45) is -1.38. The van der Waals surface area contributed by atoms with Crippen LogP contribution in [0.3, 0.4) is 0 Å². The summed E-state index contributed by atoms with van der Waals surface area (Å²) < 4.78 is 38.5. The minimum atomic E-state index is -4.26. The van der Waals surface area contributed by atoms with Crippen molar-refractivity contribution in [2.24, 2.45) is 5.92 Å². The number of hydrogen-bond acceptors (Lipinski definition) is 4. The number of carbonyl (C=O) groups excluding carboxylic acids is 1. The molecule has 0 saturated carbocycles. The monoisotopic (exact) mass is 311 g/mol. The van der Waals surface area contributed by atoms with Crippen molar-refractivity contribution in [3.05, 3.63) is 30.3 Å². The summed E-state index contributed by atoms with van der Waals surface area (Å²) in [4.78, 5) is 12.1. The quantitative estimate of drug-likeness (QED) is 0.832. The number of aliphatic hydroxyl groups is 1. The van der Waals surface area contributed by atoms with Crippen molar-refractivity contribution >= 4 is 23.5 Å². The number of rotatable bonds is 4. The lowest BCUT2D eigenvalue weighted by atomic mass is 10.0. The number of benzene rings is 1. The Labute approximate surface area is 124 Å². The number of nitrogens with zero attached hydrogens (tertiary/aromatic N) is 1. The summed E-state index contributed by atoms with van der Waals surface area (Å²) in [6.45, 7) is 0.344. The number of halogens is 1. The Morgan fingerprint density at radius 1 is 1.38 bits per heavy atom. The van der Waals surface area contributed by atoms with E-state index in [4.69, 9.17) is 7.85 Å². The summed E-state index contributed by atoms with van der Waals surface area (Å²) in [7, 11) is 0.842. The normalized spacial score (nSPS) is 22.0. The highest BCUT2D eigenvalue weighted by atomic mass is 32.2. The van der Waals surface area contributed by atoms with E-state index >= 15 is 0 Å². The van der Waals surface area contributed by atoms with E-state index in [9.17, 15) is 22.7 Å². The molecule has 0 spiro atoms. The van der Waals surface area contributed by atoms with Gasteiger partial charge in [0.15, 0.2) is 5.81 Å². The highest BCUT2D eigenvalue weighted by Gasteiger charge is 2.41. The largest absolute Gasteiger partial charge is 0.389 e. The Balaban J connectivity index is 2.13. The lowest BCUT2D eigenvalue weighted by molar-refractivity contribution is 0.0669. The summed E-state index contributed by atoms with van der Waals surface area (Å²) in [5, 5.41) is 9.98. The van der Waals surface area contributed by atoms with Crippen LogP contribution in [0.2, 0.25) is 0 Å². The van der Waals surface area contributed by atoms with Crippen molar-refractivity contribution in [1.29, 1.82) is 0 Å². The molecule has 1 aromatic rings. The molecule has 1 saturated heterocycles. The molecule has 2 rings (SSSR count). The zero-order valence-electron chi connectivity index (χ0n) is 11.2. The zero-order chi connectivity index (χ0) is 15.6. The molecule has 5 nitrogen and oxygen atoms in total. The highest BCUT2D eigenvalue weighted by molar-refractivity contribution is 7.92. The van der Waals surface area contributed by atoms with Crippen LogP contribution >= 0.6 is 0 Å². The summed E-state index contributed by atoms with van der Waals surface area (Å²) >= 11 is 0. The first-order valence-corrected chi connectivity index (χ1v) is 8.04. The molecule has 1 amide bonds. The van der Waals surface area contributed by atoms with E-state index in [1.54, 1.807) is 6.07 Å². The van der Waals surface area contributed by atoms with Crippen LogP contribution in [0.4, 0.5) is 9.18 Å². The van der Waals surface area contributed by atoms with Gasteiger partial charge < -0.3 is 10.0 Å². The molecule has 3 atom stereocenters. The van der Waals surface area contributed by atoms with Crippen molar-refractivity contribution in [3.63, 3.8) is 0 Å². The summed E-state index contributed by atoms with van der Waals surface area (Å²) in [5.74, 6) is -1.31. The van der Waals surface area contributed by atoms with Gasteiger partial charge in [-0.25, -0.2) is 12.8 Å². The number of sulfone groups is 1. The third-order valence-corrected chi connectivity index (χ3v) is 5.46. The molecule has 0 aromatic heterocycles. The van der Waals surface area contributed by atoms with Gasteiger partial charge in [0.25, 0.3) is 0 Å². The topological polar surface area (TPSA) is 74.7 Å². The standard InChI is InChI=1S/C13H15BFNO4S/c14-13(18)16-7-6-9(8-16)11(17)12(15)21(19,20)10-4-2-1-3-5-10/h1-5,9,11-12,17H,6-8H2/t9-,11?,12?/m0/s1. The van der Waals surface area contributed by atoms with Gasteiger partial charge in [-0.1, -0.05) is 18.2 Å². The molecule has 1 aliphatic rings. The number of likely N-dealkylation sites (tertiary alicyclic amines) is 1. The van der Waals surface area contributed by atoms with E-state index in [-0.39, 0.29) is 18.0 Å². The van der Waals surface area contributed by atoms with E-state index in [0.717, 1.165) is 0 Å². The molecular weight excluding hydrogens is 296 g/mol. The molecule has 1 aliphatic heterocycles. The van der Waals surface area contributed by atoms with E-state index in [1.165, 1.54) is 29.2 Å². The van der Waals surface area contributed by atoms with Crippen molar-refractivity contribution in [2.75, 3.05) is 13.1 Å². The lowest BCUT2D eigenvalue weighted by Gasteiger charge is -2.22. The molecule has 8 heteroatoms. The molecule has 1 N–H and O–H groups in total.